The van der Waals surface area contributed by atoms with Gasteiger partial charge >= 0.3 is 0 Å². The van der Waals surface area contributed by atoms with Gasteiger partial charge in [0.25, 0.3) is 0 Å². The second-order valence-corrected chi connectivity index (χ2v) is 8.39. The van der Waals surface area contributed by atoms with E-state index in [1.165, 1.54) is 12.8 Å². The molecule has 2 aliphatic rings. The van der Waals surface area contributed by atoms with Crippen molar-refractivity contribution in [2.24, 2.45) is 0 Å². The predicted molar refractivity (Wildman–Crippen MR) is 122 cm³/mol. The summed E-state index contributed by atoms with van der Waals surface area (Å²) in [5.74, 6) is 1.95. The van der Waals surface area contributed by atoms with Gasteiger partial charge in [-0.05, 0) is 51.3 Å². The maximum Gasteiger partial charge on any atom is 0.225 e. The van der Waals surface area contributed by atoms with Crippen molar-refractivity contribution < 1.29 is 4.52 Å². The van der Waals surface area contributed by atoms with Crippen LogP contribution in [0.4, 0.5) is 5.95 Å². The van der Waals surface area contributed by atoms with E-state index in [1.807, 2.05) is 31.5 Å². The van der Waals surface area contributed by atoms with Crippen LogP contribution in [0.3, 0.4) is 0 Å². The summed E-state index contributed by atoms with van der Waals surface area (Å²) in [5.41, 5.74) is 4.06. The summed E-state index contributed by atoms with van der Waals surface area (Å²) in [4.78, 5) is 19.1. The highest BCUT2D eigenvalue weighted by atomic mass is 35.5. The Morgan fingerprint density at radius 2 is 1.97 bits per heavy atom. The van der Waals surface area contributed by atoms with E-state index in [-0.39, 0.29) is 12.4 Å². The highest BCUT2D eigenvalue weighted by Crippen LogP contribution is 2.35. The van der Waals surface area contributed by atoms with E-state index >= 15 is 0 Å². The lowest BCUT2D eigenvalue weighted by atomic mass is 9.91. The van der Waals surface area contributed by atoms with Gasteiger partial charge in [0, 0.05) is 50.6 Å². The molecule has 5 heterocycles. The number of piperidine rings is 1. The van der Waals surface area contributed by atoms with Crippen molar-refractivity contribution in [2.45, 2.75) is 45.1 Å². The fourth-order valence-electron chi connectivity index (χ4n) is 4.59. The average Bonchev–Trinajstić information content (AvgIpc) is 3.46. The van der Waals surface area contributed by atoms with Crippen LogP contribution in [-0.4, -0.2) is 51.2 Å². The standard InChI is InChI=1S/C23H28N6O.ClH/c1-17-13-21(30-27-17)20-14-25-23(29-11-4-5-12-29)26-22(20)18-7-6-10-28(15-18)16-19-8-2-3-9-24-19;/h2-3,8-9,13-14,18H,4-7,10-12,15-16H2,1H3;1H. The lowest BCUT2D eigenvalue weighted by molar-refractivity contribution is 0.196. The van der Waals surface area contributed by atoms with Crippen molar-refractivity contribution in [2.75, 3.05) is 31.1 Å². The molecule has 0 radical (unpaired) electrons. The first-order valence-electron chi connectivity index (χ1n) is 10.9. The molecular formula is C23H29ClN6O. The van der Waals surface area contributed by atoms with Gasteiger partial charge in [-0.2, -0.15) is 0 Å². The van der Waals surface area contributed by atoms with Crippen LogP contribution >= 0.6 is 12.4 Å². The average molecular weight is 441 g/mol. The number of rotatable bonds is 5. The molecule has 31 heavy (non-hydrogen) atoms. The zero-order valence-corrected chi connectivity index (χ0v) is 18.7. The van der Waals surface area contributed by atoms with Gasteiger partial charge in [0.15, 0.2) is 5.76 Å². The van der Waals surface area contributed by atoms with Crippen molar-refractivity contribution in [3.8, 4) is 11.3 Å². The minimum Gasteiger partial charge on any atom is -0.356 e. The van der Waals surface area contributed by atoms with Crippen molar-refractivity contribution in [1.82, 2.24) is 25.0 Å². The number of nitrogens with zero attached hydrogens (tertiary/aromatic N) is 6. The summed E-state index contributed by atoms with van der Waals surface area (Å²) in [6, 6.07) is 8.10. The van der Waals surface area contributed by atoms with Crippen LogP contribution in [-0.2, 0) is 6.54 Å². The first kappa shape index (κ1) is 21.7. The molecule has 2 fully saturated rings. The van der Waals surface area contributed by atoms with Gasteiger partial charge < -0.3 is 9.42 Å². The fraction of sp³-hybridized carbons (Fsp3) is 0.478. The molecule has 0 saturated carbocycles. The molecule has 1 atom stereocenters. The minimum absolute atomic E-state index is 0. The molecule has 0 N–H and O–H groups in total. The summed E-state index contributed by atoms with van der Waals surface area (Å²) in [7, 11) is 0. The smallest absolute Gasteiger partial charge is 0.225 e. The molecule has 164 valence electrons. The van der Waals surface area contributed by atoms with E-state index < -0.39 is 0 Å². The van der Waals surface area contributed by atoms with Gasteiger partial charge in [0.1, 0.15) is 0 Å². The number of pyridine rings is 1. The number of hydrogen-bond donors (Lipinski definition) is 0. The molecule has 7 nitrogen and oxygen atoms in total. The Morgan fingerprint density at radius 1 is 1.10 bits per heavy atom. The van der Waals surface area contributed by atoms with Crippen molar-refractivity contribution in [3.05, 3.63) is 53.7 Å². The van der Waals surface area contributed by atoms with Crippen LogP contribution in [0.15, 0.2) is 41.2 Å². The molecule has 3 aromatic heterocycles. The first-order valence-corrected chi connectivity index (χ1v) is 10.9. The maximum atomic E-state index is 5.60. The molecule has 0 spiro atoms. The zero-order valence-electron chi connectivity index (χ0n) is 17.9. The molecule has 3 aromatic rings. The third kappa shape index (κ3) is 4.88. The summed E-state index contributed by atoms with van der Waals surface area (Å²) < 4.78 is 5.60. The summed E-state index contributed by atoms with van der Waals surface area (Å²) in [6.07, 6.45) is 8.50. The quantitative estimate of drug-likeness (QED) is 0.587. The van der Waals surface area contributed by atoms with Gasteiger partial charge in [-0.15, -0.1) is 12.4 Å². The van der Waals surface area contributed by atoms with Gasteiger partial charge in [-0.25, -0.2) is 9.97 Å². The van der Waals surface area contributed by atoms with Crippen LogP contribution in [0.2, 0.25) is 0 Å². The van der Waals surface area contributed by atoms with Crippen molar-refractivity contribution in [1.29, 1.82) is 0 Å². The van der Waals surface area contributed by atoms with Crippen LogP contribution in [0, 0.1) is 6.92 Å². The lowest BCUT2D eigenvalue weighted by Gasteiger charge is -2.33. The number of hydrogen-bond acceptors (Lipinski definition) is 7. The second-order valence-electron chi connectivity index (χ2n) is 8.39. The zero-order chi connectivity index (χ0) is 20.3. The molecule has 5 rings (SSSR count). The Morgan fingerprint density at radius 3 is 2.71 bits per heavy atom. The van der Waals surface area contributed by atoms with Gasteiger partial charge in [-0.1, -0.05) is 11.2 Å². The Kier molecular flexibility index (Phi) is 6.83. The molecule has 2 aliphatic heterocycles. The molecule has 1 unspecified atom stereocenters. The number of halogens is 1. The summed E-state index contributed by atoms with van der Waals surface area (Å²) in [6.45, 7) is 6.95. The van der Waals surface area contributed by atoms with Gasteiger partial charge in [-0.3, -0.25) is 9.88 Å². The highest BCUT2D eigenvalue weighted by molar-refractivity contribution is 5.85. The van der Waals surface area contributed by atoms with E-state index in [0.29, 0.717) is 5.92 Å². The molecule has 0 aromatic carbocycles. The molecule has 2 saturated heterocycles. The Hall–Kier alpha value is -2.51. The van der Waals surface area contributed by atoms with Crippen molar-refractivity contribution in [3.63, 3.8) is 0 Å². The topological polar surface area (TPSA) is 71.2 Å². The number of likely N-dealkylation sites (tertiary alicyclic amines) is 1. The van der Waals surface area contributed by atoms with Crippen molar-refractivity contribution >= 4 is 18.4 Å². The first-order chi connectivity index (χ1) is 14.8. The number of aryl methyl sites for hydroxylation is 1. The Balaban J connectivity index is 0.00000231. The third-order valence-corrected chi connectivity index (χ3v) is 6.09. The SMILES string of the molecule is Cc1cc(-c2cnc(N3CCCC3)nc2C2CCCN(Cc3ccccn3)C2)on1.Cl. The minimum atomic E-state index is 0. The van der Waals surface area contributed by atoms with Crippen LogP contribution in [0.1, 0.15) is 48.7 Å². The summed E-state index contributed by atoms with van der Waals surface area (Å²) >= 11 is 0. The Labute approximate surface area is 189 Å². The molecule has 0 bridgehead atoms. The number of anilines is 1. The van der Waals surface area contributed by atoms with Gasteiger partial charge in [0.2, 0.25) is 5.95 Å². The van der Waals surface area contributed by atoms with E-state index in [2.05, 4.69) is 32.1 Å². The monoisotopic (exact) mass is 440 g/mol. The largest absolute Gasteiger partial charge is 0.356 e. The third-order valence-electron chi connectivity index (χ3n) is 6.09. The second kappa shape index (κ2) is 9.75. The van der Waals surface area contributed by atoms with E-state index in [1.54, 1.807) is 0 Å². The number of aromatic nitrogens is 4. The molecule has 8 heteroatoms. The summed E-state index contributed by atoms with van der Waals surface area (Å²) in [5, 5.41) is 4.09. The Bertz CT molecular complexity index is 989. The van der Waals surface area contributed by atoms with Gasteiger partial charge in [0.05, 0.1) is 22.6 Å². The normalized spacial score (nSPS) is 19.4. The van der Waals surface area contributed by atoms with E-state index in [4.69, 9.17) is 14.5 Å². The fourth-order valence-corrected chi connectivity index (χ4v) is 4.59. The molecule has 0 aliphatic carbocycles. The van der Waals surface area contributed by atoms with E-state index in [9.17, 15) is 0 Å². The lowest BCUT2D eigenvalue weighted by Crippen LogP contribution is -2.35. The van der Waals surface area contributed by atoms with Crippen LogP contribution in [0.5, 0.6) is 0 Å². The predicted octanol–water partition coefficient (Wildman–Crippen LogP) is 4.24. The van der Waals surface area contributed by atoms with Crippen LogP contribution in [0.25, 0.3) is 11.3 Å². The molecule has 0 amide bonds. The maximum absolute atomic E-state index is 5.60. The van der Waals surface area contributed by atoms with Crippen LogP contribution < -0.4 is 4.90 Å². The highest BCUT2D eigenvalue weighted by Gasteiger charge is 2.28. The van der Waals surface area contributed by atoms with E-state index in [0.717, 1.165) is 79.9 Å². The molecular weight excluding hydrogens is 412 g/mol.